The van der Waals surface area contributed by atoms with Crippen molar-refractivity contribution in [3.63, 3.8) is 0 Å². The van der Waals surface area contributed by atoms with Gasteiger partial charge in [0, 0.05) is 16.8 Å². The van der Waals surface area contributed by atoms with E-state index in [0.717, 1.165) is 5.56 Å². The molecular weight excluding hydrogens is 418 g/mol. The summed E-state index contributed by atoms with van der Waals surface area (Å²) in [5.74, 6) is -1.14. The minimum atomic E-state index is -0.765. The van der Waals surface area contributed by atoms with E-state index in [0.29, 0.717) is 22.0 Å². The van der Waals surface area contributed by atoms with Gasteiger partial charge in [-0.2, -0.15) is 0 Å². The molecule has 0 saturated carbocycles. The van der Waals surface area contributed by atoms with Crippen LogP contribution < -0.4 is 10.1 Å². The van der Waals surface area contributed by atoms with Crippen molar-refractivity contribution in [1.29, 1.82) is 0 Å². The highest BCUT2D eigenvalue weighted by Gasteiger charge is 2.20. The largest absolute Gasteiger partial charge is 0.495 e. The molecule has 3 aromatic rings. The van der Waals surface area contributed by atoms with Crippen LogP contribution in [0, 0.1) is 6.92 Å². The monoisotopic (exact) mass is 437 g/mol. The number of nitrogens with one attached hydrogen (secondary N) is 1. The highest BCUT2D eigenvalue weighted by atomic mass is 35.5. The smallest absolute Gasteiger partial charge is 0.339 e. The standard InChI is InChI=1S/C24H20ClNO5/c1-15-7-9-16(10-8-15)23(28)18-5-3-4-6-19(18)24(29)31-14-22(27)26-17-11-12-21(30-2)20(25)13-17/h3-13H,14H2,1-2H3,(H,26,27). The van der Waals surface area contributed by atoms with Crippen LogP contribution in [0.25, 0.3) is 0 Å². The summed E-state index contributed by atoms with van der Waals surface area (Å²) in [5, 5.41) is 2.92. The summed E-state index contributed by atoms with van der Waals surface area (Å²) >= 11 is 6.03. The summed E-state index contributed by atoms with van der Waals surface area (Å²) in [7, 11) is 1.49. The lowest BCUT2D eigenvalue weighted by atomic mass is 9.98. The van der Waals surface area contributed by atoms with Crippen molar-refractivity contribution in [2.75, 3.05) is 19.0 Å². The molecule has 7 heteroatoms. The number of anilines is 1. The third-order valence-corrected chi connectivity index (χ3v) is 4.77. The maximum Gasteiger partial charge on any atom is 0.339 e. The molecule has 0 atom stereocenters. The number of carbonyl (C=O) groups is 3. The van der Waals surface area contributed by atoms with Crippen molar-refractivity contribution in [3.8, 4) is 5.75 Å². The first kappa shape index (κ1) is 22.1. The van der Waals surface area contributed by atoms with Crippen LogP contribution in [0.2, 0.25) is 5.02 Å². The van der Waals surface area contributed by atoms with Gasteiger partial charge in [0.05, 0.1) is 17.7 Å². The van der Waals surface area contributed by atoms with Crippen molar-refractivity contribution < 1.29 is 23.9 Å². The molecule has 3 rings (SSSR count). The molecule has 0 aliphatic carbocycles. The molecule has 158 valence electrons. The van der Waals surface area contributed by atoms with Crippen LogP contribution in [0.1, 0.15) is 31.8 Å². The first-order valence-corrected chi connectivity index (χ1v) is 9.77. The molecule has 0 saturated heterocycles. The minimum Gasteiger partial charge on any atom is -0.495 e. The fourth-order valence-corrected chi connectivity index (χ4v) is 3.13. The van der Waals surface area contributed by atoms with Crippen LogP contribution in [0.5, 0.6) is 5.75 Å². The summed E-state index contributed by atoms with van der Waals surface area (Å²) in [6.07, 6.45) is 0. The molecule has 0 aromatic heterocycles. The number of esters is 1. The fraction of sp³-hybridized carbons (Fsp3) is 0.125. The molecule has 31 heavy (non-hydrogen) atoms. The number of methoxy groups -OCH3 is 1. The lowest BCUT2D eigenvalue weighted by Crippen LogP contribution is -2.22. The molecule has 0 fully saturated rings. The van der Waals surface area contributed by atoms with Gasteiger partial charge in [0.2, 0.25) is 0 Å². The average molecular weight is 438 g/mol. The van der Waals surface area contributed by atoms with E-state index >= 15 is 0 Å². The Morgan fingerprint density at radius 2 is 1.61 bits per heavy atom. The Labute approximate surface area is 184 Å². The van der Waals surface area contributed by atoms with E-state index in [1.807, 2.05) is 19.1 Å². The number of aryl methyl sites for hydroxylation is 1. The third kappa shape index (κ3) is 5.49. The Bertz CT molecular complexity index is 1130. The minimum absolute atomic E-state index is 0.0911. The topological polar surface area (TPSA) is 81.7 Å². The Kier molecular flexibility index (Phi) is 7.05. The number of halogens is 1. The van der Waals surface area contributed by atoms with Crippen LogP contribution in [0.3, 0.4) is 0 Å². The van der Waals surface area contributed by atoms with Crippen LogP contribution in [-0.4, -0.2) is 31.4 Å². The van der Waals surface area contributed by atoms with Gasteiger partial charge >= 0.3 is 5.97 Å². The number of ketones is 1. The molecule has 0 unspecified atom stereocenters. The van der Waals surface area contributed by atoms with Gasteiger partial charge in [0.25, 0.3) is 5.91 Å². The van der Waals surface area contributed by atoms with Crippen LogP contribution >= 0.6 is 11.6 Å². The highest BCUT2D eigenvalue weighted by Crippen LogP contribution is 2.27. The molecule has 3 aromatic carbocycles. The second kappa shape index (κ2) is 9.91. The highest BCUT2D eigenvalue weighted by molar-refractivity contribution is 6.32. The number of benzene rings is 3. The predicted molar refractivity (Wildman–Crippen MR) is 118 cm³/mol. The Balaban J connectivity index is 1.67. The van der Waals surface area contributed by atoms with Gasteiger partial charge in [-0.15, -0.1) is 0 Å². The Morgan fingerprint density at radius 1 is 0.935 bits per heavy atom. The van der Waals surface area contributed by atoms with Crippen molar-refractivity contribution in [2.45, 2.75) is 6.92 Å². The van der Waals surface area contributed by atoms with Gasteiger partial charge in [-0.1, -0.05) is 59.6 Å². The number of ether oxygens (including phenoxy) is 2. The van der Waals surface area contributed by atoms with E-state index in [2.05, 4.69) is 5.32 Å². The predicted octanol–water partition coefficient (Wildman–Crippen LogP) is 4.68. The zero-order chi connectivity index (χ0) is 22.4. The van der Waals surface area contributed by atoms with Crippen LogP contribution in [0.15, 0.2) is 66.7 Å². The second-order valence-electron chi connectivity index (χ2n) is 6.71. The summed E-state index contributed by atoms with van der Waals surface area (Å²) in [6.45, 7) is 1.40. The number of hydrogen-bond donors (Lipinski definition) is 1. The van der Waals surface area contributed by atoms with Gasteiger partial charge in [-0.25, -0.2) is 4.79 Å². The maximum atomic E-state index is 12.8. The molecule has 1 amide bonds. The maximum absolute atomic E-state index is 12.8. The molecule has 0 aliphatic heterocycles. The van der Waals surface area contributed by atoms with E-state index in [-0.39, 0.29) is 16.9 Å². The number of rotatable bonds is 7. The number of hydrogen-bond acceptors (Lipinski definition) is 5. The third-order valence-electron chi connectivity index (χ3n) is 4.48. The van der Waals surface area contributed by atoms with E-state index in [1.54, 1.807) is 42.5 Å². The first-order chi connectivity index (χ1) is 14.9. The van der Waals surface area contributed by atoms with Gasteiger partial charge < -0.3 is 14.8 Å². The first-order valence-electron chi connectivity index (χ1n) is 9.40. The van der Waals surface area contributed by atoms with E-state index in [9.17, 15) is 14.4 Å². The molecule has 0 aliphatic rings. The average Bonchev–Trinajstić information content (AvgIpc) is 2.77. The van der Waals surface area contributed by atoms with E-state index in [4.69, 9.17) is 21.1 Å². The van der Waals surface area contributed by atoms with Gasteiger partial charge in [-0.05, 0) is 31.2 Å². The van der Waals surface area contributed by atoms with E-state index < -0.39 is 18.5 Å². The zero-order valence-corrected chi connectivity index (χ0v) is 17.7. The quantitative estimate of drug-likeness (QED) is 0.428. The van der Waals surface area contributed by atoms with Crippen molar-refractivity contribution in [1.82, 2.24) is 0 Å². The van der Waals surface area contributed by atoms with Gasteiger partial charge in [0.1, 0.15) is 5.75 Å². The van der Waals surface area contributed by atoms with E-state index in [1.165, 1.54) is 19.2 Å². The second-order valence-corrected chi connectivity index (χ2v) is 7.12. The molecule has 0 spiro atoms. The Morgan fingerprint density at radius 3 is 2.26 bits per heavy atom. The van der Waals surface area contributed by atoms with Crippen LogP contribution in [-0.2, 0) is 9.53 Å². The van der Waals surface area contributed by atoms with Gasteiger partial charge in [0.15, 0.2) is 12.4 Å². The van der Waals surface area contributed by atoms with Crippen molar-refractivity contribution in [3.05, 3.63) is 94.0 Å². The van der Waals surface area contributed by atoms with Gasteiger partial charge in [-0.3, -0.25) is 9.59 Å². The van der Waals surface area contributed by atoms with Crippen molar-refractivity contribution >= 4 is 34.9 Å². The molecule has 0 heterocycles. The molecule has 0 radical (unpaired) electrons. The normalized spacial score (nSPS) is 10.3. The summed E-state index contributed by atoms with van der Waals surface area (Å²) in [4.78, 5) is 37.6. The lowest BCUT2D eigenvalue weighted by Gasteiger charge is -2.10. The molecule has 1 N–H and O–H groups in total. The molecule has 0 bridgehead atoms. The summed E-state index contributed by atoms with van der Waals surface area (Å²) in [6, 6.07) is 18.1. The molecule has 6 nitrogen and oxygen atoms in total. The summed E-state index contributed by atoms with van der Waals surface area (Å²) in [5.41, 5.74) is 2.21. The fourth-order valence-electron chi connectivity index (χ4n) is 2.87. The molecular formula is C24H20ClNO5. The zero-order valence-electron chi connectivity index (χ0n) is 17.0. The SMILES string of the molecule is COc1ccc(NC(=O)COC(=O)c2ccccc2C(=O)c2ccc(C)cc2)cc1Cl. The van der Waals surface area contributed by atoms with Crippen molar-refractivity contribution in [2.24, 2.45) is 0 Å². The summed E-state index contributed by atoms with van der Waals surface area (Å²) < 4.78 is 10.2. The number of carbonyl (C=O) groups excluding carboxylic acids is 3. The Hall–Kier alpha value is -3.64. The lowest BCUT2D eigenvalue weighted by molar-refractivity contribution is -0.119. The van der Waals surface area contributed by atoms with Crippen LogP contribution in [0.4, 0.5) is 5.69 Å². The number of amides is 1.